The maximum atomic E-state index is 9.63. The van der Waals surface area contributed by atoms with Crippen molar-refractivity contribution in [3.8, 4) is 11.4 Å². The van der Waals surface area contributed by atoms with E-state index >= 15 is 0 Å². The molecular formula is C14H16N4OS. The van der Waals surface area contributed by atoms with Gasteiger partial charge in [0, 0.05) is 12.6 Å². The van der Waals surface area contributed by atoms with E-state index in [1.54, 1.807) is 22.0 Å². The van der Waals surface area contributed by atoms with Crippen LogP contribution < -0.4 is 0 Å². The summed E-state index contributed by atoms with van der Waals surface area (Å²) in [7, 11) is 0. The van der Waals surface area contributed by atoms with Crippen LogP contribution in [0.3, 0.4) is 0 Å². The summed E-state index contributed by atoms with van der Waals surface area (Å²) in [6, 6.07) is 5.67. The second-order valence-electron chi connectivity index (χ2n) is 4.57. The molecule has 104 valence electrons. The second kappa shape index (κ2) is 5.68. The first-order valence-corrected chi connectivity index (χ1v) is 7.54. The minimum absolute atomic E-state index is 0.0932. The summed E-state index contributed by atoms with van der Waals surface area (Å²) in [6.45, 7) is 2.07. The van der Waals surface area contributed by atoms with Crippen molar-refractivity contribution in [2.24, 2.45) is 0 Å². The lowest BCUT2D eigenvalue weighted by atomic mass is 10.2. The fraction of sp³-hybridized carbons (Fsp3) is 0.357. The van der Waals surface area contributed by atoms with E-state index in [0.29, 0.717) is 11.4 Å². The molecule has 3 rings (SSSR count). The monoisotopic (exact) mass is 288 g/mol. The fourth-order valence-corrected chi connectivity index (χ4v) is 3.06. The van der Waals surface area contributed by atoms with Crippen molar-refractivity contribution in [3.05, 3.63) is 35.1 Å². The molecule has 3 aromatic rings. The number of aromatic nitrogens is 4. The van der Waals surface area contributed by atoms with Gasteiger partial charge in [0.25, 0.3) is 0 Å². The van der Waals surface area contributed by atoms with E-state index in [1.807, 2.05) is 18.2 Å². The van der Waals surface area contributed by atoms with Gasteiger partial charge in [-0.15, -0.1) is 0 Å². The molecule has 0 aromatic carbocycles. The maximum Gasteiger partial charge on any atom is 0.213 e. The van der Waals surface area contributed by atoms with E-state index in [9.17, 15) is 5.11 Å². The van der Waals surface area contributed by atoms with Crippen molar-refractivity contribution < 1.29 is 5.11 Å². The molecule has 0 amide bonds. The zero-order chi connectivity index (χ0) is 13.9. The molecule has 6 heteroatoms. The van der Waals surface area contributed by atoms with Crippen LogP contribution >= 0.6 is 11.3 Å². The Hall–Kier alpha value is -1.79. The van der Waals surface area contributed by atoms with Crippen LogP contribution in [-0.2, 0) is 13.0 Å². The molecular weight excluding hydrogens is 272 g/mol. The molecule has 0 saturated heterocycles. The Morgan fingerprint density at radius 2 is 2.25 bits per heavy atom. The summed E-state index contributed by atoms with van der Waals surface area (Å²) in [6.07, 6.45) is 4.96. The van der Waals surface area contributed by atoms with Gasteiger partial charge in [0.1, 0.15) is 10.7 Å². The highest BCUT2D eigenvalue weighted by Crippen LogP contribution is 2.26. The van der Waals surface area contributed by atoms with Crippen LogP contribution in [0.15, 0.2) is 24.4 Å². The minimum Gasteiger partial charge on any atom is -0.390 e. The van der Waals surface area contributed by atoms with Crippen molar-refractivity contribution >= 4 is 16.3 Å². The van der Waals surface area contributed by atoms with E-state index in [4.69, 9.17) is 0 Å². The number of pyridine rings is 1. The van der Waals surface area contributed by atoms with Crippen LogP contribution in [0.2, 0.25) is 0 Å². The van der Waals surface area contributed by atoms with Crippen LogP contribution in [0.4, 0.5) is 0 Å². The summed E-state index contributed by atoms with van der Waals surface area (Å²) in [4.78, 5) is 9.69. The Morgan fingerprint density at radius 1 is 1.35 bits per heavy atom. The van der Waals surface area contributed by atoms with Crippen LogP contribution in [0.5, 0.6) is 0 Å². The number of rotatable bonds is 5. The van der Waals surface area contributed by atoms with Crippen molar-refractivity contribution in [2.75, 3.05) is 0 Å². The highest BCUT2D eigenvalue weighted by molar-refractivity contribution is 7.16. The van der Waals surface area contributed by atoms with Crippen molar-refractivity contribution in [2.45, 2.75) is 32.8 Å². The molecule has 0 aliphatic carbocycles. The quantitative estimate of drug-likeness (QED) is 0.784. The Morgan fingerprint density at radius 3 is 2.95 bits per heavy atom. The lowest BCUT2D eigenvalue weighted by molar-refractivity contribution is 0.275. The third-order valence-electron chi connectivity index (χ3n) is 3.14. The molecule has 5 nitrogen and oxygen atoms in total. The predicted octanol–water partition coefficient (Wildman–Crippen LogP) is 2.69. The molecule has 0 atom stereocenters. The Labute approximate surface area is 120 Å². The maximum absolute atomic E-state index is 9.63. The first-order chi connectivity index (χ1) is 9.83. The SMILES string of the molecule is CCCCc1nn2c(CO)c(-c3ccccn3)nc2s1. The van der Waals surface area contributed by atoms with Gasteiger partial charge >= 0.3 is 0 Å². The summed E-state index contributed by atoms with van der Waals surface area (Å²) < 4.78 is 1.75. The number of hydrogen-bond acceptors (Lipinski definition) is 5. The number of aryl methyl sites for hydroxylation is 1. The highest BCUT2D eigenvalue weighted by atomic mass is 32.1. The topological polar surface area (TPSA) is 63.3 Å². The van der Waals surface area contributed by atoms with Gasteiger partial charge in [0.05, 0.1) is 18.0 Å². The average molecular weight is 288 g/mol. The number of fused-ring (bicyclic) bond motifs is 1. The first-order valence-electron chi connectivity index (χ1n) is 6.73. The van der Waals surface area contributed by atoms with Crippen LogP contribution in [-0.4, -0.2) is 24.7 Å². The minimum atomic E-state index is -0.0932. The number of unbranched alkanes of at least 4 members (excludes halogenated alkanes) is 1. The van der Waals surface area contributed by atoms with E-state index in [1.165, 1.54) is 0 Å². The van der Waals surface area contributed by atoms with Gasteiger partial charge < -0.3 is 5.11 Å². The van der Waals surface area contributed by atoms with E-state index < -0.39 is 0 Å². The average Bonchev–Trinajstić information content (AvgIpc) is 3.02. The van der Waals surface area contributed by atoms with Gasteiger partial charge in [-0.1, -0.05) is 30.7 Å². The summed E-state index contributed by atoms with van der Waals surface area (Å²) >= 11 is 1.58. The van der Waals surface area contributed by atoms with E-state index in [0.717, 1.165) is 34.9 Å². The number of aliphatic hydroxyl groups is 1. The molecule has 20 heavy (non-hydrogen) atoms. The van der Waals surface area contributed by atoms with Gasteiger partial charge in [-0.3, -0.25) is 4.98 Å². The standard InChI is InChI=1S/C14H16N4OS/c1-2-3-7-12-17-18-11(9-19)13(16-14(18)20-12)10-6-4-5-8-15-10/h4-6,8,19H,2-3,7,9H2,1H3. The van der Waals surface area contributed by atoms with Gasteiger partial charge in [-0.2, -0.15) is 5.10 Å². The normalized spacial score (nSPS) is 11.3. The molecule has 3 aromatic heterocycles. The van der Waals surface area contributed by atoms with Gasteiger partial charge in [-0.05, 0) is 18.6 Å². The van der Waals surface area contributed by atoms with Gasteiger partial charge in [0.15, 0.2) is 0 Å². The van der Waals surface area contributed by atoms with Crippen molar-refractivity contribution in [1.29, 1.82) is 0 Å². The first kappa shape index (κ1) is 13.2. The highest BCUT2D eigenvalue weighted by Gasteiger charge is 2.17. The summed E-state index contributed by atoms with van der Waals surface area (Å²) in [5.41, 5.74) is 2.19. The van der Waals surface area contributed by atoms with Crippen molar-refractivity contribution in [3.63, 3.8) is 0 Å². The van der Waals surface area contributed by atoms with Gasteiger partial charge in [0.2, 0.25) is 4.96 Å². The van der Waals surface area contributed by atoms with E-state index in [2.05, 4.69) is 22.0 Å². The van der Waals surface area contributed by atoms with Crippen molar-refractivity contribution in [1.82, 2.24) is 19.6 Å². The number of aliphatic hydroxyl groups excluding tert-OH is 1. The molecule has 0 aliphatic rings. The predicted molar refractivity (Wildman–Crippen MR) is 78.6 cm³/mol. The fourth-order valence-electron chi connectivity index (χ4n) is 2.11. The molecule has 1 N–H and O–H groups in total. The lowest BCUT2D eigenvalue weighted by Gasteiger charge is -1.99. The second-order valence-corrected chi connectivity index (χ2v) is 5.61. The molecule has 0 saturated carbocycles. The third-order valence-corrected chi connectivity index (χ3v) is 4.11. The number of nitrogens with zero attached hydrogens (tertiary/aromatic N) is 4. The van der Waals surface area contributed by atoms with Crippen LogP contribution in [0.1, 0.15) is 30.5 Å². The third kappa shape index (κ3) is 2.32. The summed E-state index contributed by atoms with van der Waals surface area (Å²) in [5, 5.41) is 15.2. The molecule has 0 unspecified atom stereocenters. The molecule has 0 bridgehead atoms. The number of imidazole rings is 1. The lowest BCUT2D eigenvalue weighted by Crippen LogP contribution is -1.97. The van der Waals surface area contributed by atoms with Crippen LogP contribution in [0.25, 0.3) is 16.3 Å². The zero-order valence-electron chi connectivity index (χ0n) is 11.3. The van der Waals surface area contributed by atoms with Crippen LogP contribution in [0, 0.1) is 0 Å². The Balaban J connectivity index is 2.05. The summed E-state index contributed by atoms with van der Waals surface area (Å²) in [5.74, 6) is 0. The number of hydrogen-bond donors (Lipinski definition) is 1. The molecule has 0 aliphatic heterocycles. The molecule has 0 fully saturated rings. The Kier molecular flexibility index (Phi) is 3.75. The zero-order valence-corrected chi connectivity index (χ0v) is 12.1. The molecule has 0 radical (unpaired) electrons. The molecule has 3 heterocycles. The Bertz CT molecular complexity index is 705. The largest absolute Gasteiger partial charge is 0.390 e. The molecule has 0 spiro atoms. The van der Waals surface area contributed by atoms with Gasteiger partial charge in [-0.25, -0.2) is 9.50 Å². The van der Waals surface area contributed by atoms with E-state index in [-0.39, 0.29) is 6.61 Å². The smallest absolute Gasteiger partial charge is 0.213 e.